The molecule has 0 radical (unpaired) electrons. The number of nitrogens with zero attached hydrogens (tertiary/aromatic N) is 4. The highest BCUT2D eigenvalue weighted by Crippen LogP contribution is 2.24. The molecule has 3 heterocycles. The second kappa shape index (κ2) is 11.5. The van der Waals surface area contributed by atoms with Crippen LogP contribution in [-0.4, -0.2) is 21.6 Å². The van der Waals surface area contributed by atoms with Crippen LogP contribution in [-0.2, 0) is 7.05 Å². The van der Waals surface area contributed by atoms with Crippen molar-refractivity contribution in [2.24, 2.45) is 7.05 Å². The number of pyridine rings is 2. The highest BCUT2D eigenvalue weighted by atomic mass is 35.5. The molecule has 5 aromatic rings. The summed E-state index contributed by atoms with van der Waals surface area (Å²) in [7, 11) is 3.94. The lowest BCUT2D eigenvalue weighted by molar-refractivity contribution is -0.645. The molecular weight excluding hydrogens is 456 g/mol. The minimum atomic E-state index is 0. The molecule has 3 aromatic heterocycles. The SMILES string of the molecule is CNc1cc(C)cnc1Nc1cccc(C)c1.Cc1cccc(-n2c[n+](C)c3cccnc32)c1.[Cl-]. The average Bonchev–Trinajstić information content (AvgIpc) is 3.17. The predicted molar refractivity (Wildman–Crippen MR) is 140 cm³/mol. The summed E-state index contributed by atoms with van der Waals surface area (Å²) >= 11 is 0. The molecule has 0 fully saturated rings. The first-order valence-corrected chi connectivity index (χ1v) is 11.3. The third kappa shape index (κ3) is 6.16. The van der Waals surface area contributed by atoms with Crippen molar-refractivity contribution in [3.8, 4) is 5.69 Å². The molecule has 2 aromatic carbocycles. The Balaban J connectivity index is 0.000000190. The first-order valence-electron chi connectivity index (χ1n) is 11.3. The summed E-state index contributed by atoms with van der Waals surface area (Å²) in [6.07, 6.45) is 5.75. The molecule has 0 amide bonds. The standard InChI is InChI=1S/C14H14N3.C14H17N3.ClH/c1-11-5-3-6-12(9-11)17-10-16(2)13-7-4-8-15-14(13)17;1-10-5-4-6-12(7-10)17-14-13(15-3)8-11(2)9-16-14;/h3-10H,1-2H3;4-9,15H,1-3H3,(H,16,17);1H/q+1;;/p-1. The van der Waals surface area contributed by atoms with Gasteiger partial charge in [-0.05, 0) is 79.9 Å². The summed E-state index contributed by atoms with van der Waals surface area (Å²) < 4.78 is 4.20. The van der Waals surface area contributed by atoms with Crippen LogP contribution in [0.1, 0.15) is 16.7 Å². The molecule has 7 heteroatoms. The van der Waals surface area contributed by atoms with Gasteiger partial charge in [0.15, 0.2) is 11.3 Å². The largest absolute Gasteiger partial charge is 1.00 e. The van der Waals surface area contributed by atoms with Crippen molar-refractivity contribution in [1.29, 1.82) is 0 Å². The van der Waals surface area contributed by atoms with E-state index in [9.17, 15) is 0 Å². The van der Waals surface area contributed by atoms with Crippen molar-refractivity contribution in [2.45, 2.75) is 20.8 Å². The van der Waals surface area contributed by atoms with Crippen LogP contribution in [0.4, 0.5) is 17.2 Å². The molecule has 0 unspecified atom stereocenters. The van der Waals surface area contributed by atoms with Gasteiger partial charge in [0.05, 0.1) is 12.7 Å². The van der Waals surface area contributed by atoms with Crippen LogP contribution in [0.2, 0.25) is 0 Å². The van der Waals surface area contributed by atoms with E-state index in [0.29, 0.717) is 0 Å². The fourth-order valence-electron chi connectivity index (χ4n) is 3.83. The first-order chi connectivity index (χ1) is 16.4. The summed E-state index contributed by atoms with van der Waals surface area (Å²) in [4.78, 5) is 8.85. The zero-order valence-electron chi connectivity index (χ0n) is 20.7. The number of hydrogen-bond donors (Lipinski definition) is 2. The van der Waals surface area contributed by atoms with Crippen LogP contribution in [0.25, 0.3) is 16.9 Å². The Hall–Kier alpha value is -3.90. The van der Waals surface area contributed by atoms with Gasteiger partial charge in [0, 0.05) is 25.1 Å². The summed E-state index contributed by atoms with van der Waals surface area (Å²) in [5.41, 5.74) is 8.95. The van der Waals surface area contributed by atoms with Gasteiger partial charge in [-0.15, -0.1) is 0 Å². The van der Waals surface area contributed by atoms with Crippen molar-refractivity contribution in [3.05, 3.63) is 102 Å². The van der Waals surface area contributed by atoms with Gasteiger partial charge in [-0.2, -0.15) is 4.57 Å². The minimum Gasteiger partial charge on any atom is -1.00 e. The Kier molecular flexibility index (Phi) is 8.44. The zero-order valence-corrected chi connectivity index (χ0v) is 21.5. The highest BCUT2D eigenvalue weighted by Gasteiger charge is 2.15. The molecule has 0 saturated heterocycles. The predicted octanol–water partition coefficient (Wildman–Crippen LogP) is 2.65. The Bertz CT molecular complexity index is 1430. The number of hydrogen-bond acceptors (Lipinski definition) is 4. The molecular formula is C28H31ClN6. The van der Waals surface area contributed by atoms with Gasteiger partial charge in [0.2, 0.25) is 0 Å². The molecule has 35 heavy (non-hydrogen) atoms. The van der Waals surface area contributed by atoms with E-state index in [1.807, 2.05) is 51.6 Å². The number of anilines is 3. The third-order valence-corrected chi connectivity index (χ3v) is 5.52. The van der Waals surface area contributed by atoms with Gasteiger partial charge in [-0.1, -0.05) is 24.3 Å². The highest BCUT2D eigenvalue weighted by molar-refractivity contribution is 5.71. The minimum absolute atomic E-state index is 0. The van der Waals surface area contributed by atoms with Gasteiger partial charge >= 0.3 is 0 Å². The van der Waals surface area contributed by atoms with E-state index in [1.54, 1.807) is 0 Å². The van der Waals surface area contributed by atoms with Gasteiger partial charge in [0.1, 0.15) is 5.69 Å². The van der Waals surface area contributed by atoms with Crippen molar-refractivity contribution >= 4 is 28.4 Å². The summed E-state index contributed by atoms with van der Waals surface area (Å²) in [5.74, 6) is 0.851. The maximum absolute atomic E-state index is 4.45. The summed E-state index contributed by atoms with van der Waals surface area (Å²) in [6, 6.07) is 22.8. The number of aryl methyl sites for hydroxylation is 4. The van der Waals surface area contributed by atoms with Crippen molar-refractivity contribution in [3.63, 3.8) is 0 Å². The van der Waals surface area contributed by atoms with E-state index < -0.39 is 0 Å². The average molecular weight is 487 g/mol. The quantitative estimate of drug-likeness (QED) is 0.383. The monoisotopic (exact) mass is 486 g/mol. The Morgan fingerprint density at radius 1 is 0.829 bits per heavy atom. The van der Waals surface area contributed by atoms with Crippen LogP contribution in [0.3, 0.4) is 0 Å². The number of halogens is 1. The second-order valence-corrected chi connectivity index (χ2v) is 8.43. The molecule has 0 bridgehead atoms. The number of fused-ring (bicyclic) bond motifs is 1. The number of benzene rings is 2. The Morgan fingerprint density at radius 2 is 1.57 bits per heavy atom. The normalized spacial score (nSPS) is 10.2. The van der Waals surface area contributed by atoms with E-state index in [-0.39, 0.29) is 12.4 Å². The van der Waals surface area contributed by atoms with Crippen molar-refractivity contribution < 1.29 is 17.0 Å². The lowest BCUT2D eigenvalue weighted by atomic mass is 10.2. The molecule has 180 valence electrons. The smallest absolute Gasteiger partial charge is 0.273 e. The maximum atomic E-state index is 4.45. The molecule has 0 aliphatic heterocycles. The fourth-order valence-corrected chi connectivity index (χ4v) is 3.83. The maximum Gasteiger partial charge on any atom is 0.273 e. The number of aromatic nitrogens is 4. The molecule has 6 nitrogen and oxygen atoms in total. The van der Waals surface area contributed by atoms with E-state index in [1.165, 1.54) is 11.1 Å². The van der Waals surface area contributed by atoms with E-state index >= 15 is 0 Å². The number of imidazole rings is 1. The van der Waals surface area contributed by atoms with Crippen LogP contribution >= 0.6 is 0 Å². The van der Waals surface area contributed by atoms with Gasteiger partial charge in [0.25, 0.3) is 12.0 Å². The number of nitrogens with one attached hydrogen (secondary N) is 2. The van der Waals surface area contributed by atoms with E-state index in [0.717, 1.165) is 39.6 Å². The molecule has 0 aliphatic carbocycles. The lowest BCUT2D eigenvalue weighted by Gasteiger charge is -2.11. The van der Waals surface area contributed by atoms with Crippen molar-refractivity contribution in [1.82, 2.24) is 14.5 Å². The Morgan fingerprint density at radius 3 is 2.29 bits per heavy atom. The zero-order chi connectivity index (χ0) is 24.1. The molecule has 0 aliphatic rings. The number of rotatable bonds is 4. The van der Waals surface area contributed by atoms with E-state index in [4.69, 9.17) is 0 Å². The molecule has 2 N–H and O–H groups in total. The van der Waals surface area contributed by atoms with E-state index in [2.05, 4.69) is 98.4 Å². The van der Waals surface area contributed by atoms with Crippen molar-refractivity contribution in [2.75, 3.05) is 17.7 Å². The summed E-state index contributed by atoms with van der Waals surface area (Å²) in [5, 5.41) is 6.46. The topological polar surface area (TPSA) is 58.7 Å². The van der Waals surface area contributed by atoms with Crippen LogP contribution in [0, 0.1) is 20.8 Å². The van der Waals surface area contributed by atoms with Gasteiger partial charge in [-0.25, -0.2) is 14.5 Å². The molecule has 0 spiro atoms. The van der Waals surface area contributed by atoms with Gasteiger partial charge < -0.3 is 23.0 Å². The lowest BCUT2D eigenvalue weighted by Crippen LogP contribution is -3.00. The molecule has 5 rings (SSSR count). The molecule has 0 atom stereocenters. The second-order valence-electron chi connectivity index (χ2n) is 8.43. The Labute approximate surface area is 213 Å². The fraction of sp³-hybridized carbons (Fsp3) is 0.179. The molecule has 0 saturated carbocycles. The summed E-state index contributed by atoms with van der Waals surface area (Å²) in [6.45, 7) is 6.21. The van der Waals surface area contributed by atoms with Crippen LogP contribution < -0.4 is 27.6 Å². The van der Waals surface area contributed by atoms with Crippen LogP contribution in [0.15, 0.2) is 85.5 Å². The van der Waals surface area contributed by atoms with Crippen LogP contribution in [0.5, 0.6) is 0 Å². The third-order valence-electron chi connectivity index (χ3n) is 5.52. The first kappa shape index (κ1) is 25.7. The van der Waals surface area contributed by atoms with Gasteiger partial charge in [-0.3, -0.25) is 0 Å².